The summed E-state index contributed by atoms with van der Waals surface area (Å²) in [6.45, 7) is 0.0448. The molecule has 1 aromatic heterocycles. The van der Waals surface area contributed by atoms with Crippen LogP contribution < -0.4 is 4.90 Å². The van der Waals surface area contributed by atoms with Gasteiger partial charge in [0.2, 0.25) is 5.91 Å². The molecule has 0 unspecified atom stereocenters. The first-order valence-electron chi connectivity index (χ1n) is 5.92. The summed E-state index contributed by atoms with van der Waals surface area (Å²) >= 11 is 0. The topological polar surface area (TPSA) is 57.0 Å². The van der Waals surface area contributed by atoms with Crippen LogP contribution in [0.3, 0.4) is 0 Å². The largest absolute Gasteiger partial charge is 0.298 e. The van der Waals surface area contributed by atoms with Crippen LogP contribution in [0, 0.1) is 11.3 Å². The zero-order valence-corrected chi connectivity index (χ0v) is 10.4. The van der Waals surface area contributed by atoms with Crippen LogP contribution in [0.15, 0.2) is 54.9 Å². The smallest absolute Gasteiger partial charge is 0.232 e. The van der Waals surface area contributed by atoms with Crippen molar-refractivity contribution in [2.75, 3.05) is 11.4 Å². The van der Waals surface area contributed by atoms with Gasteiger partial charge in [0.1, 0.15) is 6.54 Å². The second kappa shape index (κ2) is 6.31. The molecule has 4 nitrogen and oxygen atoms in total. The number of carbonyl (C=O) groups is 1. The summed E-state index contributed by atoms with van der Waals surface area (Å²) in [5, 5.41) is 8.86. The Hall–Kier alpha value is -2.67. The highest BCUT2D eigenvalue weighted by Gasteiger charge is 2.15. The van der Waals surface area contributed by atoms with Gasteiger partial charge >= 0.3 is 0 Å². The first-order valence-corrected chi connectivity index (χ1v) is 5.92. The molecule has 1 heterocycles. The Balaban J connectivity index is 2.16. The highest BCUT2D eigenvalue weighted by atomic mass is 16.2. The Morgan fingerprint density at radius 1 is 1.21 bits per heavy atom. The Morgan fingerprint density at radius 2 is 2.00 bits per heavy atom. The van der Waals surface area contributed by atoms with Crippen LogP contribution in [0.25, 0.3) is 0 Å². The first-order chi connectivity index (χ1) is 9.31. The molecular formula is C15H13N3O. The lowest BCUT2D eigenvalue weighted by molar-refractivity contribution is -0.117. The molecule has 0 aliphatic carbocycles. The Kier molecular flexibility index (Phi) is 4.25. The first kappa shape index (κ1) is 12.8. The molecule has 94 valence electrons. The predicted molar refractivity (Wildman–Crippen MR) is 72.3 cm³/mol. The summed E-state index contributed by atoms with van der Waals surface area (Å²) in [4.78, 5) is 17.7. The lowest BCUT2D eigenvalue weighted by Crippen LogP contribution is -2.32. The van der Waals surface area contributed by atoms with Crippen molar-refractivity contribution in [2.24, 2.45) is 0 Å². The number of hydrogen-bond acceptors (Lipinski definition) is 3. The number of nitrogens with zero attached hydrogens (tertiary/aromatic N) is 3. The van der Waals surface area contributed by atoms with Crippen LogP contribution in [0.2, 0.25) is 0 Å². The van der Waals surface area contributed by atoms with E-state index in [1.807, 2.05) is 42.5 Å². The van der Waals surface area contributed by atoms with Gasteiger partial charge in [-0.15, -0.1) is 0 Å². The molecule has 0 saturated heterocycles. The van der Waals surface area contributed by atoms with Gasteiger partial charge in [0, 0.05) is 18.1 Å². The highest BCUT2D eigenvalue weighted by Crippen LogP contribution is 2.14. The molecule has 0 aliphatic rings. The van der Waals surface area contributed by atoms with Crippen molar-refractivity contribution >= 4 is 11.6 Å². The van der Waals surface area contributed by atoms with Crippen LogP contribution in [0.4, 0.5) is 5.69 Å². The van der Waals surface area contributed by atoms with E-state index < -0.39 is 0 Å². The van der Waals surface area contributed by atoms with Crippen LogP contribution in [-0.2, 0) is 11.2 Å². The molecular weight excluding hydrogens is 238 g/mol. The van der Waals surface area contributed by atoms with Crippen LogP contribution in [0.5, 0.6) is 0 Å². The summed E-state index contributed by atoms with van der Waals surface area (Å²) in [5.41, 5.74) is 1.57. The highest BCUT2D eigenvalue weighted by molar-refractivity contribution is 5.95. The lowest BCUT2D eigenvalue weighted by atomic mass is 10.2. The number of carbonyl (C=O) groups excluding carboxylic acids is 1. The van der Waals surface area contributed by atoms with Gasteiger partial charge in [-0.2, -0.15) is 5.26 Å². The summed E-state index contributed by atoms with van der Waals surface area (Å²) in [7, 11) is 0. The van der Waals surface area contributed by atoms with E-state index in [2.05, 4.69) is 4.98 Å². The Labute approximate surface area is 111 Å². The van der Waals surface area contributed by atoms with Gasteiger partial charge in [0.25, 0.3) is 0 Å². The normalized spacial score (nSPS) is 9.63. The van der Waals surface area contributed by atoms with Crippen LogP contribution in [-0.4, -0.2) is 17.4 Å². The zero-order chi connectivity index (χ0) is 13.5. The minimum Gasteiger partial charge on any atom is -0.298 e. The maximum absolute atomic E-state index is 12.3. The standard InChI is InChI=1S/C15H13N3O/c16-8-10-18(14-6-2-1-3-7-14)15(19)11-13-5-4-9-17-12-13/h1-7,9,12H,10-11H2. The molecule has 0 radical (unpaired) electrons. The Bertz CT molecular complexity index is 575. The third-order valence-electron chi connectivity index (χ3n) is 2.68. The number of para-hydroxylation sites is 1. The number of aromatic nitrogens is 1. The molecule has 0 atom stereocenters. The molecule has 1 amide bonds. The third-order valence-corrected chi connectivity index (χ3v) is 2.68. The number of benzene rings is 1. The zero-order valence-electron chi connectivity index (χ0n) is 10.4. The summed E-state index contributed by atoms with van der Waals surface area (Å²) in [6.07, 6.45) is 3.57. The fourth-order valence-corrected chi connectivity index (χ4v) is 1.77. The number of amides is 1. The van der Waals surface area contributed by atoms with E-state index in [4.69, 9.17) is 5.26 Å². The second-order valence-corrected chi connectivity index (χ2v) is 4.01. The van der Waals surface area contributed by atoms with E-state index in [0.29, 0.717) is 0 Å². The van der Waals surface area contributed by atoms with Crippen molar-refractivity contribution in [1.29, 1.82) is 5.26 Å². The van der Waals surface area contributed by atoms with Crippen molar-refractivity contribution in [3.63, 3.8) is 0 Å². The Morgan fingerprint density at radius 3 is 2.63 bits per heavy atom. The van der Waals surface area contributed by atoms with Gasteiger partial charge in [0.15, 0.2) is 0 Å². The lowest BCUT2D eigenvalue weighted by Gasteiger charge is -2.19. The molecule has 0 spiro atoms. The second-order valence-electron chi connectivity index (χ2n) is 4.01. The van der Waals surface area contributed by atoms with E-state index in [9.17, 15) is 4.79 Å². The summed E-state index contributed by atoms with van der Waals surface area (Å²) in [5.74, 6) is -0.110. The molecule has 0 N–H and O–H groups in total. The third kappa shape index (κ3) is 3.39. The molecule has 2 rings (SSSR count). The number of nitriles is 1. The van der Waals surface area contributed by atoms with Gasteiger partial charge in [-0.05, 0) is 23.8 Å². The summed E-state index contributed by atoms with van der Waals surface area (Å²) < 4.78 is 0. The molecule has 0 bridgehead atoms. The van der Waals surface area contributed by atoms with Crippen LogP contribution >= 0.6 is 0 Å². The van der Waals surface area contributed by atoms with Crippen LogP contribution in [0.1, 0.15) is 5.56 Å². The molecule has 19 heavy (non-hydrogen) atoms. The molecule has 0 fully saturated rings. The van der Waals surface area contributed by atoms with Gasteiger partial charge in [0.05, 0.1) is 12.5 Å². The van der Waals surface area contributed by atoms with Crippen molar-refractivity contribution in [2.45, 2.75) is 6.42 Å². The van der Waals surface area contributed by atoms with Gasteiger partial charge in [-0.1, -0.05) is 24.3 Å². The fourth-order valence-electron chi connectivity index (χ4n) is 1.77. The van der Waals surface area contributed by atoms with Gasteiger partial charge in [-0.25, -0.2) is 0 Å². The number of anilines is 1. The van der Waals surface area contributed by atoms with E-state index >= 15 is 0 Å². The minimum atomic E-state index is -0.110. The predicted octanol–water partition coefficient (Wildman–Crippen LogP) is 2.18. The van der Waals surface area contributed by atoms with Crippen molar-refractivity contribution < 1.29 is 4.79 Å². The average Bonchev–Trinajstić information content (AvgIpc) is 2.46. The van der Waals surface area contributed by atoms with E-state index in [-0.39, 0.29) is 18.9 Å². The average molecular weight is 251 g/mol. The SMILES string of the molecule is N#CCN(C(=O)Cc1cccnc1)c1ccccc1. The maximum Gasteiger partial charge on any atom is 0.232 e. The number of rotatable bonds is 4. The van der Waals surface area contributed by atoms with Crippen molar-refractivity contribution in [3.05, 3.63) is 60.4 Å². The number of pyridine rings is 1. The summed E-state index contributed by atoms with van der Waals surface area (Å²) in [6, 6.07) is 14.9. The van der Waals surface area contributed by atoms with E-state index in [0.717, 1.165) is 11.3 Å². The molecule has 0 aliphatic heterocycles. The molecule has 1 aromatic carbocycles. The van der Waals surface area contributed by atoms with Gasteiger partial charge in [-0.3, -0.25) is 14.7 Å². The minimum absolute atomic E-state index is 0.0448. The molecule has 0 saturated carbocycles. The van der Waals surface area contributed by atoms with Crippen molar-refractivity contribution in [1.82, 2.24) is 4.98 Å². The fraction of sp³-hybridized carbons (Fsp3) is 0.133. The van der Waals surface area contributed by atoms with E-state index in [1.54, 1.807) is 18.5 Å². The van der Waals surface area contributed by atoms with E-state index in [1.165, 1.54) is 4.90 Å². The maximum atomic E-state index is 12.3. The molecule has 2 aromatic rings. The molecule has 4 heteroatoms. The number of hydrogen-bond donors (Lipinski definition) is 0. The monoisotopic (exact) mass is 251 g/mol. The van der Waals surface area contributed by atoms with Gasteiger partial charge < -0.3 is 0 Å². The quantitative estimate of drug-likeness (QED) is 0.782. The van der Waals surface area contributed by atoms with Crippen molar-refractivity contribution in [3.8, 4) is 6.07 Å².